The Hall–Kier alpha value is -1.10. The molecule has 5 heteroatoms. The highest BCUT2D eigenvalue weighted by Crippen LogP contribution is 2.18. The quantitative estimate of drug-likeness (QED) is 0.753. The fourth-order valence-electron chi connectivity index (χ4n) is 0.774. The number of nitrogens with zero attached hydrogens (tertiary/aromatic N) is 1. The molecule has 0 radical (unpaired) electrons. The molecule has 2 N–H and O–H groups in total. The van der Waals surface area contributed by atoms with Crippen molar-refractivity contribution < 1.29 is 9.90 Å². The summed E-state index contributed by atoms with van der Waals surface area (Å²) in [5.41, 5.74) is 1.52. The second-order valence-corrected chi connectivity index (χ2v) is 3.49. The van der Waals surface area contributed by atoms with E-state index in [4.69, 9.17) is 5.11 Å². The smallest absolute Gasteiger partial charge is 0.349 e. The largest absolute Gasteiger partial charge is 0.477 e. The van der Waals surface area contributed by atoms with Crippen molar-refractivity contribution in [2.24, 2.45) is 0 Å². The molecule has 0 saturated heterocycles. The van der Waals surface area contributed by atoms with Gasteiger partial charge in [-0.15, -0.1) is 11.3 Å². The maximum atomic E-state index is 10.6. The van der Waals surface area contributed by atoms with Gasteiger partial charge in [0.05, 0.1) is 5.51 Å². The summed E-state index contributed by atoms with van der Waals surface area (Å²) in [7, 11) is 0. The van der Waals surface area contributed by atoms with Gasteiger partial charge in [0.2, 0.25) is 0 Å². The normalized spacial score (nSPS) is 10.2. The Labute approximate surface area is 74.3 Å². The van der Waals surface area contributed by atoms with E-state index in [0.29, 0.717) is 5.82 Å². The molecule has 0 spiro atoms. The van der Waals surface area contributed by atoms with Crippen LogP contribution < -0.4 is 5.32 Å². The SMILES string of the molecule is CC(C)Nc1ncsc1C(=O)O. The number of aromatic carboxylic acids is 1. The van der Waals surface area contributed by atoms with Gasteiger partial charge < -0.3 is 10.4 Å². The van der Waals surface area contributed by atoms with Crippen molar-refractivity contribution in [2.45, 2.75) is 19.9 Å². The Morgan fingerprint density at radius 2 is 2.42 bits per heavy atom. The number of carboxylic acid groups (broad SMARTS) is 1. The minimum absolute atomic E-state index is 0.199. The predicted molar refractivity (Wildman–Crippen MR) is 47.8 cm³/mol. The zero-order valence-electron chi connectivity index (χ0n) is 6.87. The summed E-state index contributed by atoms with van der Waals surface area (Å²) in [5, 5.41) is 11.7. The Kier molecular flexibility index (Phi) is 2.65. The van der Waals surface area contributed by atoms with Crippen LogP contribution in [-0.4, -0.2) is 22.1 Å². The van der Waals surface area contributed by atoms with E-state index in [1.54, 1.807) is 0 Å². The van der Waals surface area contributed by atoms with E-state index in [9.17, 15) is 4.79 Å². The first-order valence-corrected chi connectivity index (χ1v) is 4.42. The van der Waals surface area contributed by atoms with E-state index in [1.165, 1.54) is 5.51 Å². The maximum Gasteiger partial charge on any atom is 0.349 e. The van der Waals surface area contributed by atoms with Gasteiger partial charge in [-0.25, -0.2) is 9.78 Å². The summed E-state index contributed by atoms with van der Waals surface area (Å²) in [6.07, 6.45) is 0. The van der Waals surface area contributed by atoms with Crippen molar-refractivity contribution in [3.8, 4) is 0 Å². The second-order valence-electron chi connectivity index (χ2n) is 2.63. The molecule has 0 atom stereocenters. The number of nitrogens with one attached hydrogen (secondary N) is 1. The number of carboxylic acids is 1. The van der Waals surface area contributed by atoms with E-state index in [-0.39, 0.29) is 10.9 Å². The Morgan fingerprint density at radius 1 is 1.75 bits per heavy atom. The van der Waals surface area contributed by atoms with E-state index in [1.807, 2.05) is 13.8 Å². The van der Waals surface area contributed by atoms with Gasteiger partial charge in [-0.05, 0) is 13.8 Å². The van der Waals surface area contributed by atoms with Crippen molar-refractivity contribution >= 4 is 23.1 Å². The highest BCUT2D eigenvalue weighted by atomic mass is 32.1. The fraction of sp³-hybridized carbons (Fsp3) is 0.429. The van der Waals surface area contributed by atoms with Gasteiger partial charge in [-0.2, -0.15) is 0 Å². The Balaban J connectivity index is 2.84. The lowest BCUT2D eigenvalue weighted by Gasteiger charge is -2.06. The van der Waals surface area contributed by atoms with Gasteiger partial charge in [0.15, 0.2) is 10.7 Å². The van der Waals surface area contributed by atoms with Crippen LogP contribution in [-0.2, 0) is 0 Å². The monoisotopic (exact) mass is 186 g/mol. The predicted octanol–water partition coefficient (Wildman–Crippen LogP) is 1.66. The minimum Gasteiger partial charge on any atom is -0.477 e. The molecule has 4 nitrogen and oxygen atoms in total. The highest BCUT2D eigenvalue weighted by Gasteiger charge is 2.13. The van der Waals surface area contributed by atoms with Crippen LogP contribution in [0.2, 0.25) is 0 Å². The van der Waals surface area contributed by atoms with Crippen molar-refractivity contribution in [1.82, 2.24) is 4.98 Å². The summed E-state index contributed by atoms with van der Waals surface area (Å²) in [4.78, 5) is 14.8. The van der Waals surface area contributed by atoms with E-state index in [2.05, 4.69) is 10.3 Å². The third kappa shape index (κ3) is 1.94. The van der Waals surface area contributed by atoms with Crippen molar-refractivity contribution in [3.05, 3.63) is 10.4 Å². The van der Waals surface area contributed by atoms with Crippen LogP contribution in [0, 0.1) is 0 Å². The second kappa shape index (κ2) is 3.53. The van der Waals surface area contributed by atoms with Crippen molar-refractivity contribution in [1.29, 1.82) is 0 Å². The van der Waals surface area contributed by atoms with Gasteiger partial charge in [0.25, 0.3) is 0 Å². The molecule has 1 heterocycles. The first-order chi connectivity index (χ1) is 5.61. The number of thiazole rings is 1. The van der Waals surface area contributed by atoms with Crippen LogP contribution in [0.3, 0.4) is 0 Å². The third-order valence-electron chi connectivity index (χ3n) is 1.19. The van der Waals surface area contributed by atoms with Gasteiger partial charge in [-0.1, -0.05) is 0 Å². The van der Waals surface area contributed by atoms with Crippen LogP contribution in [0.25, 0.3) is 0 Å². The number of hydrogen-bond donors (Lipinski definition) is 2. The maximum absolute atomic E-state index is 10.6. The molecular formula is C7H10N2O2S. The topological polar surface area (TPSA) is 62.2 Å². The summed E-state index contributed by atoms with van der Waals surface area (Å²) in [5.74, 6) is -0.469. The summed E-state index contributed by atoms with van der Waals surface area (Å²) in [6, 6.07) is 0.199. The van der Waals surface area contributed by atoms with Crippen LogP contribution in [0.1, 0.15) is 23.5 Å². The van der Waals surface area contributed by atoms with E-state index < -0.39 is 5.97 Å². The molecule has 0 amide bonds. The summed E-state index contributed by atoms with van der Waals surface area (Å²) >= 11 is 1.13. The fourth-order valence-corrected chi connectivity index (χ4v) is 1.36. The van der Waals surface area contributed by atoms with E-state index in [0.717, 1.165) is 11.3 Å². The summed E-state index contributed by atoms with van der Waals surface area (Å²) < 4.78 is 0. The van der Waals surface area contributed by atoms with Gasteiger partial charge in [0, 0.05) is 6.04 Å². The third-order valence-corrected chi connectivity index (χ3v) is 2.00. The Morgan fingerprint density at radius 3 is 2.92 bits per heavy atom. The molecule has 12 heavy (non-hydrogen) atoms. The standard InChI is InChI=1S/C7H10N2O2S/c1-4(2)9-6-5(7(10)11)12-3-8-6/h3-4,9H,1-2H3,(H,10,11). The number of aromatic nitrogens is 1. The van der Waals surface area contributed by atoms with Crippen LogP contribution in [0.15, 0.2) is 5.51 Å². The zero-order chi connectivity index (χ0) is 9.14. The lowest BCUT2D eigenvalue weighted by Crippen LogP contribution is -2.12. The van der Waals surface area contributed by atoms with Crippen molar-refractivity contribution in [3.63, 3.8) is 0 Å². The number of carbonyl (C=O) groups is 1. The molecule has 0 saturated carbocycles. The zero-order valence-corrected chi connectivity index (χ0v) is 7.68. The first kappa shape index (κ1) is 8.99. The summed E-state index contributed by atoms with van der Waals surface area (Å²) in [6.45, 7) is 3.87. The molecule has 0 unspecified atom stereocenters. The van der Waals surface area contributed by atoms with Crippen LogP contribution in [0.5, 0.6) is 0 Å². The number of hydrogen-bond acceptors (Lipinski definition) is 4. The number of anilines is 1. The lowest BCUT2D eigenvalue weighted by molar-refractivity contribution is 0.0703. The molecule has 1 aromatic heterocycles. The molecule has 1 rings (SSSR count). The molecule has 0 bridgehead atoms. The molecule has 0 aromatic carbocycles. The molecule has 1 aromatic rings. The first-order valence-electron chi connectivity index (χ1n) is 3.54. The van der Waals surface area contributed by atoms with E-state index >= 15 is 0 Å². The van der Waals surface area contributed by atoms with Gasteiger partial charge in [-0.3, -0.25) is 0 Å². The molecule has 0 fully saturated rings. The van der Waals surface area contributed by atoms with Gasteiger partial charge >= 0.3 is 5.97 Å². The number of rotatable bonds is 3. The average Bonchev–Trinajstić information content (AvgIpc) is 2.33. The average molecular weight is 186 g/mol. The minimum atomic E-state index is -0.930. The van der Waals surface area contributed by atoms with Crippen molar-refractivity contribution in [2.75, 3.05) is 5.32 Å². The molecule has 0 aliphatic rings. The molecular weight excluding hydrogens is 176 g/mol. The van der Waals surface area contributed by atoms with Gasteiger partial charge in [0.1, 0.15) is 0 Å². The van der Waals surface area contributed by atoms with Crippen LogP contribution >= 0.6 is 11.3 Å². The molecule has 0 aliphatic heterocycles. The lowest BCUT2D eigenvalue weighted by atomic mass is 10.4. The highest BCUT2D eigenvalue weighted by molar-refractivity contribution is 7.12. The Bertz CT molecular complexity index is 283. The molecule has 0 aliphatic carbocycles. The molecule has 66 valence electrons. The van der Waals surface area contributed by atoms with Crippen LogP contribution in [0.4, 0.5) is 5.82 Å².